The molecule has 142 valence electrons. The zero-order chi connectivity index (χ0) is 19.2. The van der Waals surface area contributed by atoms with E-state index in [1.165, 1.54) is 6.07 Å². The molecule has 1 amide bonds. The summed E-state index contributed by atoms with van der Waals surface area (Å²) in [5, 5.41) is 2.67. The molecule has 1 aliphatic rings. The summed E-state index contributed by atoms with van der Waals surface area (Å²) in [6, 6.07) is 11.9. The molecule has 0 saturated carbocycles. The van der Waals surface area contributed by atoms with Gasteiger partial charge >= 0.3 is 5.97 Å². The zero-order valence-corrected chi connectivity index (χ0v) is 15.5. The largest absolute Gasteiger partial charge is 0.454 e. The van der Waals surface area contributed by atoms with E-state index in [2.05, 4.69) is 5.32 Å². The predicted molar refractivity (Wildman–Crippen MR) is 98.1 cm³/mol. The molecular weight excluding hydrogens is 370 g/mol. The highest BCUT2D eigenvalue weighted by Gasteiger charge is 2.17. The fourth-order valence-electron chi connectivity index (χ4n) is 2.50. The van der Waals surface area contributed by atoms with Crippen LogP contribution in [0.5, 0.6) is 11.5 Å². The van der Waals surface area contributed by atoms with Crippen LogP contribution < -0.4 is 14.8 Å². The lowest BCUT2D eigenvalue weighted by Crippen LogP contribution is -2.28. The van der Waals surface area contributed by atoms with Crippen LogP contribution in [-0.2, 0) is 26.9 Å². The van der Waals surface area contributed by atoms with Crippen molar-refractivity contribution < 1.29 is 28.0 Å². The minimum Gasteiger partial charge on any atom is -0.454 e. The minimum atomic E-state index is -1.29. The SMILES string of the molecule is CCS(=O)c1ccccc1C(=O)OCC(=O)NCc1ccc2c(c1)OCO2. The monoisotopic (exact) mass is 389 g/mol. The molecule has 0 spiro atoms. The van der Waals surface area contributed by atoms with Crippen molar-refractivity contribution in [2.24, 2.45) is 0 Å². The second-order valence-electron chi connectivity index (χ2n) is 5.67. The van der Waals surface area contributed by atoms with Crippen LogP contribution >= 0.6 is 0 Å². The van der Waals surface area contributed by atoms with Gasteiger partial charge < -0.3 is 19.5 Å². The summed E-state index contributed by atoms with van der Waals surface area (Å²) in [6.07, 6.45) is 0. The van der Waals surface area contributed by atoms with Gasteiger partial charge in [0.05, 0.1) is 21.3 Å². The van der Waals surface area contributed by atoms with Crippen LogP contribution in [0.15, 0.2) is 47.4 Å². The third kappa shape index (κ3) is 4.65. The number of hydrogen-bond acceptors (Lipinski definition) is 6. The number of nitrogens with one attached hydrogen (secondary N) is 1. The molecule has 3 rings (SSSR count). The molecule has 0 saturated heterocycles. The van der Waals surface area contributed by atoms with Crippen molar-refractivity contribution in [3.63, 3.8) is 0 Å². The first-order valence-corrected chi connectivity index (χ1v) is 9.70. The molecule has 1 unspecified atom stereocenters. The van der Waals surface area contributed by atoms with E-state index >= 15 is 0 Å². The highest BCUT2D eigenvalue weighted by molar-refractivity contribution is 7.85. The number of amides is 1. The maximum absolute atomic E-state index is 12.2. The van der Waals surface area contributed by atoms with Crippen LogP contribution in [0.2, 0.25) is 0 Å². The van der Waals surface area contributed by atoms with Gasteiger partial charge in [0, 0.05) is 12.3 Å². The van der Waals surface area contributed by atoms with Crippen LogP contribution in [0.4, 0.5) is 0 Å². The van der Waals surface area contributed by atoms with E-state index in [1.54, 1.807) is 37.3 Å². The molecule has 1 atom stereocenters. The van der Waals surface area contributed by atoms with Crippen molar-refractivity contribution in [3.8, 4) is 11.5 Å². The molecule has 7 nitrogen and oxygen atoms in total. The number of ether oxygens (including phenoxy) is 3. The maximum atomic E-state index is 12.2. The van der Waals surface area contributed by atoms with Gasteiger partial charge in [0.2, 0.25) is 6.79 Å². The van der Waals surface area contributed by atoms with Crippen molar-refractivity contribution in [1.29, 1.82) is 0 Å². The normalized spacial score (nSPS) is 13.1. The summed E-state index contributed by atoms with van der Waals surface area (Å²) in [7, 11) is -1.29. The van der Waals surface area contributed by atoms with Gasteiger partial charge in [-0.2, -0.15) is 0 Å². The Morgan fingerprint density at radius 1 is 1.15 bits per heavy atom. The van der Waals surface area contributed by atoms with Gasteiger partial charge in [-0.05, 0) is 29.8 Å². The quantitative estimate of drug-likeness (QED) is 0.729. The molecule has 1 aliphatic heterocycles. The molecule has 2 aromatic rings. The van der Waals surface area contributed by atoms with E-state index in [1.807, 2.05) is 6.07 Å². The van der Waals surface area contributed by atoms with Crippen LogP contribution in [0.1, 0.15) is 22.8 Å². The summed E-state index contributed by atoms with van der Waals surface area (Å²) in [5.41, 5.74) is 1.05. The van der Waals surface area contributed by atoms with Gasteiger partial charge in [0.1, 0.15) is 0 Å². The van der Waals surface area contributed by atoms with E-state index in [9.17, 15) is 13.8 Å². The summed E-state index contributed by atoms with van der Waals surface area (Å²) in [4.78, 5) is 24.6. The van der Waals surface area contributed by atoms with Gasteiger partial charge in [-0.15, -0.1) is 0 Å². The third-order valence-corrected chi connectivity index (χ3v) is 5.25. The molecule has 0 fully saturated rings. The van der Waals surface area contributed by atoms with Gasteiger partial charge in [-0.25, -0.2) is 4.79 Å². The number of benzene rings is 2. The van der Waals surface area contributed by atoms with Gasteiger partial charge in [-0.3, -0.25) is 9.00 Å². The number of hydrogen-bond donors (Lipinski definition) is 1. The Morgan fingerprint density at radius 2 is 1.93 bits per heavy atom. The number of carbonyl (C=O) groups is 2. The number of rotatable bonds is 7. The lowest BCUT2D eigenvalue weighted by Gasteiger charge is -2.09. The van der Waals surface area contributed by atoms with Crippen LogP contribution in [-0.4, -0.2) is 35.2 Å². The molecule has 0 bridgehead atoms. The van der Waals surface area contributed by atoms with Crippen molar-refractivity contribution in [2.75, 3.05) is 19.2 Å². The Hall–Kier alpha value is -2.87. The summed E-state index contributed by atoms with van der Waals surface area (Å²) < 4.78 is 27.6. The van der Waals surface area contributed by atoms with E-state index in [-0.39, 0.29) is 18.9 Å². The van der Waals surface area contributed by atoms with Crippen molar-refractivity contribution in [3.05, 3.63) is 53.6 Å². The lowest BCUT2D eigenvalue weighted by molar-refractivity contribution is -0.124. The standard InChI is InChI=1S/C19H19NO6S/c1-2-27(23)17-6-4-3-5-14(17)19(22)24-11-18(21)20-10-13-7-8-15-16(9-13)26-12-25-15/h3-9H,2,10-12H2,1H3,(H,20,21). The predicted octanol–water partition coefficient (Wildman–Crippen LogP) is 2.02. The Kier molecular flexibility index (Phi) is 6.08. The Balaban J connectivity index is 1.52. The first-order chi connectivity index (χ1) is 13.1. The van der Waals surface area contributed by atoms with Gasteiger partial charge in [-0.1, -0.05) is 25.1 Å². The topological polar surface area (TPSA) is 90.9 Å². The lowest BCUT2D eigenvalue weighted by atomic mass is 10.2. The second-order valence-corrected chi connectivity index (χ2v) is 7.38. The molecule has 8 heteroatoms. The smallest absolute Gasteiger partial charge is 0.339 e. The first-order valence-electron chi connectivity index (χ1n) is 8.38. The van der Waals surface area contributed by atoms with E-state index in [0.717, 1.165) is 5.56 Å². The van der Waals surface area contributed by atoms with E-state index in [4.69, 9.17) is 14.2 Å². The van der Waals surface area contributed by atoms with Gasteiger partial charge in [0.15, 0.2) is 18.1 Å². The van der Waals surface area contributed by atoms with Crippen LogP contribution in [0.3, 0.4) is 0 Å². The maximum Gasteiger partial charge on any atom is 0.339 e. The highest BCUT2D eigenvalue weighted by atomic mass is 32.2. The van der Waals surface area contributed by atoms with Crippen molar-refractivity contribution in [1.82, 2.24) is 5.32 Å². The number of esters is 1. The Bertz CT molecular complexity index is 882. The molecule has 0 aliphatic carbocycles. The fourth-order valence-corrected chi connectivity index (χ4v) is 3.44. The Labute approximate surface area is 159 Å². The molecule has 2 aromatic carbocycles. The fraction of sp³-hybridized carbons (Fsp3) is 0.263. The van der Waals surface area contributed by atoms with Crippen molar-refractivity contribution >= 4 is 22.7 Å². The van der Waals surface area contributed by atoms with E-state index in [0.29, 0.717) is 22.1 Å². The van der Waals surface area contributed by atoms with E-state index < -0.39 is 29.3 Å². The second kappa shape index (κ2) is 8.68. The van der Waals surface area contributed by atoms with Crippen molar-refractivity contribution in [2.45, 2.75) is 18.4 Å². The molecule has 0 radical (unpaired) electrons. The summed E-state index contributed by atoms with van der Waals surface area (Å²) in [5.74, 6) is 0.580. The minimum absolute atomic E-state index is 0.186. The summed E-state index contributed by atoms with van der Waals surface area (Å²) in [6.45, 7) is 1.80. The first kappa shape index (κ1) is 18.9. The molecular formula is C19H19NO6S. The summed E-state index contributed by atoms with van der Waals surface area (Å²) >= 11 is 0. The van der Waals surface area contributed by atoms with Crippen LogP contribution in [0.25, 0.3) is 0 Å². The zero-order valence-electron chi connectivity index (χ0n) is 14.7. The molecule has 0 aromatic heterocycles. The average molecular weight is 389 g/mol. The number of carbonyl (C=O) groups excluding carboxylic acids is 2. The molecule has 27 heavy (non-hydrogen) atoms. The molecule has 1 N–H and O–H groups in total. The molecule has 1 heterocycles. The highest BCUT2D eigenvalue weighted by Crippen LogP contribution is 2.32. The average Bonchev–Trinajstić information content (AvgIpc) is 3.17. The third-order valence-electron chi connectivity index (χ3n) is 3.88. The van der Waals surface area contributed by atoms with Gasteiger partial charge in [0.25, 0.3) is 5.91 Å². The Morgan fingerprint density at radius 3 is 2.74 bits per heavy atom. The number of fused-ring (bicyclic) bond motifs is 1. The van der Waals surface area contributed by atoms with Crippen LogP contribution in [0, 0.1) is 0 Å².